The monoisotopic (exact) mass is 553 g/mol. The average molecular weight is 554 g/mol. The van der Waals surface area contributed by atoms with Gasteiger partial charge in [-0.3, -0.25) is 0 Å². The molecule has 1 aliphatic rings. The molecule has 0 saturated heterocycles. The highest BCUT2D eigenvalue weighted by Crippen LogP contribution is 2.38. The fourth-order valence-electron chi connectivity index (χ4n) is 5.83. The Morgan fingerprint density at radius 2 is 0.977 bits per heavy atom. The molecule has 0 fully saturated rings. The molecule has 1 atom stereocenters. The number of amidine groups is 2. The van der Waals surface area contributed by atoms with Gasteiger partial charge in [0, 0.05) is 21.9 Å². The van der Waals surface area contributed by atoms with Gasteiger partial charge in [-0.2, -0.15) is 0 Å². The number of nitrogens with one attached hydrogen (secondary N) is 1. The standard InChI is InChI=1S/C39H27N3O/c1-4-13-26(14-5-1)29-19-10-20-30(25-29)31-21-11-22-32-33-23-12-24-34(36(33)43-35(31)32)39-41-37(27-15-6-2-7-16-27)40-38(42-39)28-17-8-3-9-18-28/h1-25,37H,(H,40,41,42). The molecule has 1 aliphatic heterocycles. The molecule has 4 nitrogen and oxygen atoms in total. The summed E-state index contributed by atoms with van der Waals surface area (Å²) in [5.74, 6) is 1.52. The van der Waals surface area contributed by atoms with E-state index in [-0.39, 0.29) is 6.17 Å². The van der Waals surface area contributed by atoms with E-state index in [1.807, 2.05) is 42.5 Å². The van der Waals surface area contributed by atoms with E-state index in [4.69, 9.17) is 14.4 Å². The molecule has 2 heterocycles. The van der Waals surface area contributed by atoms with E-state index in [1.165, 1.54) is 11.1 Å². The van der Waals surface area contributed by atoms with Crippen molar-refractivity contribution in [2.45, 2.75) is 6.17 Å². The molecule has 0 aliphatic carbocycles. The zero-order chi connectivity index (χ0) is 28.6. The molecular formula is C39H27N3O. The number of hydrogen-bond acceptors (Lipinski definition) is 4. The Morgan fingerprint density at radius 1 is 0.442 bits per heavy atom. The van der Waals surface area contributed by atoms with Gasteiger partial charge in [0.15, 0.2) is 6.17 Å². The van der Waals surface area contributed by atoms with Crippen LogP contribution >= 0.6 is 0 Å². The smallest absolute Gasteiger partial charge is 0.169 e. The highest BCUT2D eigenvalue weighted by atomic mass is 16.3. The van der Waals surface area contributed by atoms with E-state index in [9.17, 15) is 0 Å². The maximum absolute atomic E-state index is 6.79. The summed E-state index contributed by atoms with van der Waals surface area (Å²) in [5.41, 5.74) is 9.15. The minimum atomic E-state index is -0.372. The molecule has 4 heteroatoms. The van der Waals surface area contributed by atoms with E-state index in [0.29, 0.717) is 0 Å². The second-order valence-corrected chi connectivity index (χ2v) is 10.6. The van der Waals surface area contributed by atoms with Gasteiger partial charge in [0.2, 0.25) is 0 Å². The fraction of sp³-hybridized carbons (Fsp3) is 0.0256. The lowest BCUT2D eigenvalue weighted by atomic mass is 9.97. The average Bonchev–Trinajstić information content (AvgIpc) is 3.48. The van der Waals surface area contributed by atoms with Crippen LogP contribution in [-0.4, -0.2) is 11.7 Å². The van der Waals surface area contributed by atoms with E-state index in [2.05, 4.69) is 115 Å². The second-order valence-electron chi connectivity index (χ2n) is 10.6. The lowest BCUT2D eigenvalue weighted by Crippen LogP contribution is -2.36. The van der Waals surface area contributed by atoms with Gasteiger partial charge in [0.05, 0.1) is 5.56 Å². The quantitative estimate of drug-likeness (QED) is 0.231. The number of para-hydroxylation sites is 2. The summed E-state index contributed by atoms with van der Waals surface area (Å²) in [4.78, 5) is 10.1. The first-order valence-corrected chi connectivity index (χ1v) is 14.5. The number of fused-ring (bicyclic) bond motifs is 3. The summed E-state index contributed by atoms with van der Waals surface area (Å²) in [7, 11) is 0. The summed E-state index contributed by atoms with van der Waals surface area (Å²) in [6, 6.07) is 52.2. The third-order valence-corrected chi connectivity index (χ3v) is 7.94. The van der Waals surface area contributed by atoms with Crippen LogP contribution in [0.2, 0.25) is 0 Å². The summed E-state index contributed by atoms with van der Waals surface area (Å²) < 4.78 is 6.79. The third-order valence-electron chi connectivity index (χ3n) is 7.94. The minimum Gasteiger partial charge on any atom is -0.455 e. The van der Waals surface area contributed by atoms with Gasteiger partial charge in [-0.1, -0.05) is 140 Å². The molecule has 8 rings (SSSR count). The summed E-state index contributed by atoms with van der Waals surface area (Å²) in [5, 5.41) is 5.66. The van der Waals surface area contributed by atoms with Crippen LogP contribution in [0.3, 0.4) is 0 Å². The molecule has 6 aromatic carbocycles. The van der Waals surface area contributed by atoms with Crippen LogP contribution < -0.4 is 5.32 Å². The maximum atomic E-state index is 6.79. The van der Waals surface area contributed by atoms with Crippen LogP contribution in [0.4, 0.5) is 0 Å². The zero-order valence-corrected chi connectivity index (χ0v) is 23.3. The Kier molecular flexibility index (Phi) is 6.16. The summed E-state index contributed by atoms with van der Waals surface area (Å²) in [6.45, 7) is 0. The van der Waals surface area contributed by atoms with Gasteiger partial charge in [-0.15, -0.1) is 0 Å². The van der Waals surface area contributed by atoms with Crippen molar-refractivity contribution in [1.29, 1.82) is 0 Å². The number of benzene rings is 6. The Balaban J connectivity index is 1.27. The van der Waals surface area contributed by atoms with Gasteiger partial charge in [-0.25, -0.2) is 9.98 Å². The first kappa shape index (κ1) is 25.0. The van der Waals surface area contributed by atoms with E-state index in [1.54, 1.807) is 0 Å². The van der Waals surface area contributed by atoms with Gasteiger partial charge >= 0.3 is 0 Å². The van der Waals surface area contributed by atoms with Crippen molar-refractivity contribution in [2.75, 3.05) is 0 Å². The minimum absolute atomic E-state index is 0.372. The molecule has 1 N–H and O–H groups in total. The van der Waals surface area contributed by atoms with E-state index >= 15 is 0 Å². The molecule has 7 aromatic rings. The molecule has 43 heavy (non-hydrogen) atoms. The molecule has 0 saturated carbocycles. The number of aliphatic imine (C=N–C) groups is 2. The first-order chi connectivity index (χ1) is 21.3. The van der Waals surface area contributed by atoms with Gasteiger partial charge in [0.25, 0.3) is 0 Å². The number of hydrogen-bond donors (Lipinski definition) is 1. The van der Waals surface area contributed by atoms with Crippen molar-refractivity contribution in [1.82, 2.24) is 5.32 Å². The molecule has 1 aromatic heterocycles. The van der Waals surface area contributed by atoms with Crippen LogP contribution in [0.25, 0.3) is 44.2 Å². The highest BCUT2D eigenvalue weighted by Gasteiger charge is 2.24. The highest BCUT2D eigenvalue weighted by molar-refractivity contribution is 6.22. The van der Waals surface area contributed by atoms with Crippen molar-refractivity contribution >= 4 is 33.6 Å². The predicted molar refractivity (Wildman–Crippen MR) is 176 cm³/mol. The second kappa shape index (κ2) is 10.6. The largest absolute Gasteiger partial charge is 0.455 e. The fourth-order valence-corrected chi connectivity index (χ4v) is 5.83. The molecule has 1 unspecified atom stereocenters. The lowest BCUT2D eigenvalue weighted by molar-refractivity contribution is 0.668. The van der Waals surface area contributed by atoms with Crippen LogP contribution in [0.5, 0.6) is 0 Å². The Morgan fingerprint density at radius 3 is 1.70 bits per heavy atom. The predicted octanol–water partition coefficient (Wildman–Crippen LogP) is 9.42. The van der Waals surface area contributed by atoms with Crippen molar-refractivity contribution < 1.29 is 4.42 Å². The van der Waals surface area contributed by atoms with E-state index < -0.39 is 0 Å². The van der Waals surface area contributed by atoms with Crippen molar-refractivity contribution in [3.8, 4) is 22.3 Å². The molecule has 0 amide bonds. The van der Waals surface area contributed by atoms with Crippen molar-refractivity contribution in [3.63, 3.8) is 0 Å². The number of nitrogens with zero attached hydrogens (tertiary/aromatic N) is 2. The molecule has 0 spiro atoms. The van der Waals surface area contributed by atoms with Crippen molar-refractivity contribution in [3.05, 3.63) is 168 Å². The van der Waals surface area contributed by atoms with Gasteiger partial charge in [0.1, 0.15) is 22.8 Å². The third kappa shape index (κ3) is 4.59. The molecular weight excluding hydrogens is 526 g/mol. The number of furan rings is 1. The van der Waals surface area contributed by atoms with E-state index in [0.717, 1.165) is 61.4 Å². The van der Waals surface area contributed by atoms with Crippen molar-refractivity contribution in [2.24, 2.45) is 9.98 Å². The first-order valence-electron chi connectivity index (χ1n) is 14.5. The van der Waals surface area contributed by atoms with Gasteiger partial charge in [-0.05, 0) is 34.4 Å². The summed E-state index contributed by atoms with van der Waals surface area (Å²) >= 11 is 0. The summed E-state index contributed by atoms with van der Waals surface area (Å²) in [6.07, 6.45) is -0.372. The SMILES string of the molecule is c1ccc(C2=NC(c3ccccc3)N=C(c3cccc4c3oc3c(-c5cccc(-c6ccccc6)c5)cccc34)N2)cc1. The topological polar surface area (TPSA) is 49.9 Å². The van der Waals surface area contributed by atoms with Gasteiger partial charge < -0.3 is 9.73 Å². The molecule has 0 bridgehead atoms. The molecule has 0 radical (unpaired) electrons. The Bertz CT molecular complexity index is 2150. The van der Waals surface area contributed by atoms with Crippen LogP contribution in [-0.2, 0) is 0 Å². The van der Waals surface area contributed by atoms with Crippen LogP contribution in [0, 0.1) is 0 Å². The maximum Gasteiger partial charge on any atom is 0.169 e. The van der Waals surface area contributed by atoms with Crippen LogP contribution in [0.15, 0.2) is 166 Å². The molecule has 204 valence electrons. The zero-order valence-electron chi connectivity index (χ0n) is 23.3. The Labute approximate surface area is 249 Å². The van der Waals surface area contributed by atoms with Crippen LogP contribution in [0.1, 0.15) is 22.9 Å². The lowest BCUT2D eigenvalue weighted by Gasteiger charge is -2.22. The number of rotatable bonds is 5. The Hall–Kier alpha value is -5.74. The normalized spacial score (nSPS) is 14.7.